The van der Waals surface area contributed by atoms with Crippen LogP contribution < -0.4 is 14.8 Å². The minimum atomic E-state index is -0.298. The fourth-order valence-corrected chi connectivity index (χ4v) is 3.20. The van der Waals surface area contributed by atoms with Gasteiger partial charge in [-0.15, -0.1) is 0 Å². The second-order valence-electron chi connectivity index (χ2n) is 6.88. The van der Waals surface area contributed by atoms with Crippen LogP contribution in [0.2, 0.25) is 0 Å². The smallest absolute Gasteiger partial charge is 0.262 e. The number of hydrogen-bond acceptors (Lipinski definition) is 6. The molecule has 4 aromatic rings. The summed E-state index contributed by atoms with van der Waals surface area (Å²) in [6.07, 6.45) is 3.05. The van der Waals surface area contributed by atoms with Crippen LogP contribution in [0.25, 0.3) is 16.7 Å². The van der Waals surface area contributed by atoms with E-state index in [2.05, 4.69) is 26.4 Å². The number of hydrogen-bond donors (Lipinski definition) is 1. The molecule has 30 heavy (non-hydrogen) atoms. The summed E-state index contributed by atoms with van der Waals surface area (Å²) in [6, 6.07) is 13.2. The summed E-state index contributed by atoms with van der Waals surface area (Å²) in [5.74, 6) is 0.725. The highest BCUT2D eigenvalue weighted by Crippen LogP contribution is 2.24. The molecule has 8 nitrogen and oxygen atoms in total. The van der Waals surface area contributed by atoms with Crippen molar-refractivity contribution in [3.8, 4) is 17.3 Å². The molecule has 0 spiro atoms. The first-order chi connectivity index (χ1) is 14.5. The number of anilines is 1. The molecule has 2 aromatic heterocycles. The summed E-state index contributed by atoms with van der Waals surface area (Å²) in [5.41, 5.74) is 4.44. The van der Waals surface area contributed by atoms with Gasteiger partial charge in [0.1, 0.15) is 17.5 Å². The third kappa shape index (κ3) is 4.07. The number of nitrogens with zero attached hydrogens (tertiary/aromatic N) is 4. The summed E-state index contributed by atoms with van der Waals surface area (Å²) < 4.78 is 12.5. The van der Waals surface area contributed by atoms with Gasteiger partial charge in [-0.2, -0.15) is 5.10 Å². The summed E-state index contributed by atoms with van der Waals surface area (Å²) >= 11 is 0. The summed E-state index contributed by atoms with van der Waals surface area (Å²) in [7, 11) is 1.59. The predicted octanol–water partition coefficient (Wildman–Crippen LogP) is 3.46. The summed E-state index contributed by atoms with van der Waals surface area (Å²) in [4.78, 5) is 20.8. The molecular weight excluding hydrogens is 382 g/mol. The van der Waals surface area contributed by atoms with E-state index in [4.69, 9.17) is 9.47 Å². The van der Waals surface area contributed by atoms with Gasteiger partial charge in [-0.1, -0.05) is 6.07 Å². The van der Waals surface area contributed by atoms with Gasteiger partial charge in [0, 0.05) is 5.69 Å². The zero-order chi connectivity index (χ0) is 21.1. The Labute approximate surface area is 173 Å². The highest BCUT2D eigenvalue weighted by atomic mass is 16.5. The molecule has 2 heterocycles. The number of carbonyl (C=O) groups excluding carboxylic acids is 1. The number of ether oxygens (including phenoxy) is 2. The molecule has 0 aliphatic heterocycles. The first-order valence-electron chi connectivity index (χ1n) is 9.37. The van der Waals surface area contributed by atoms with Crippen LogP contribution in [0.15, 0.2) is 55.0 Å². The number of rotatable bonds is 6. The summed E-state index contributed by atoms with van der Waals surface area (Å²) in [6.45, 7) is 3.88. The minimum Gasteiger partial charge on any atom is -0.497 e. The number of benzene rings is 2. The fraction of sp³-hybridized carbons (Fsp3) is 0.182. The number of carbonyl (C=O) groups is 1. The number of amides is 1. The number of fused-ring (bicyclic) bond motifs is 1. The zero-order valence-electron chi connectivity index (χ0n) is 16.9. The Morgan fingerprint density at radius 1 is 1.07 bits per heavy atom. The van der Waals surface area contributed by atoms with Crippen molar-refractivity contribution in [1.29, 1.82) is 0 Å². The van der Waals surface area contributed by atoms with E-state index in [9.17, 15) is 4.79 Å². The van der Waals surface area contributed by atoms with Gasteiger partial charge in [-0.05, 0) is 61.4 Å². The van der Waals surface area contributed by atoms with Crippen molar-refractivity contribution in [1.82, 2.24) is 19.7 Å². The van der Waals surface area contributed by atoms with Gasteiger partial charge in [-0.3, -0.25) is 4.79 Å². The van der Waals surface area contributed by atoms with Crippen LogP contribution in [0, 0.1) is 13.8 Å². The molecule has 0 saturated carbocycles. The van der Waals surface area contributed by atoms with E-state index in [-0.39, 0.29) is 12.5 Å². The van der Waals surface area contributed by atoms with Crippen molar-refractivity contribution in [2.75, 3.05) is 19.0 Å². The average Bonchev–Trinajstić information content (AvgIpc) is 3.17. The van der Waals surface area contributed by atoms with Gasteiger partial charge in [0.2, 0.25) is 5.88 Å². The SMILES string of the molecule is COc1ccc(NC(=O)COc2ncnc3c2cnn3-c2cc(C)cc(C)c2)cc1. The van der Waals surface area contributed by atoms with E-state index in [1.807, 2.05) is 26.0 Å². The second-order valence-corrected chi connectivity index (χ2v) is 6.88. The monoisotopic (exact) mass is 403 g/mol. The van der Waals surface area contributed by atoms with Crippen LogP contribution in [0.4, 0.5) is 5.69 Å². The Kier molecular flexibility index (Phi) is 5.30. The lowest BCUT2D eigenvalue weighted by molar-refractivity contribution is -0.118. The Balaban J connectivity index is 1.50. The van der Waals surface area contributed by atoms with Crippen molar-refractivity contribution in [3.05, 3.63) is 66.1 Å². The van der Waals surface area contributed by atoms with E-state index >= 15 is 0 Å². The lowest BCUT2D eigenvalue weighted by Gasteiger charge is -2.09. The van der Waals surface area contributed by atoms with Crippen molar-refractivity contribution < 1.29 is 14.3 Å². The van der Waals surface area contributed by atoms with Crippen molar-refractivity contribution in [2.45, 2.75) is 13.8 Å². The molecule has 0 aliphatic rings. The van der Waals surface area contributed by atoms with Gasteiger partial charge in [0.15, 0.2) is 12.3 Å². The second kappa shape index (κ2) is 8.20. The van der Waals surface area contributed by atoms with Crippen LogP contribution in [0.1, 0.15) is 11.1 Å². The highest BCUT2D eigenvalue weighted by molar-refractivity contribution is 5.92. The highest BCUT2D eigenvalue weighted by Gasteiger charge is 2.14. The first kappa shape index (κ1) is 19.4. The molecule has 0 aliphatic carbocycles. The Hall–Kier alpha value is -3.94. The third-order valence-electron chi connectivity index (χ3n) is 4.49. The van der Waals surface area contributed by atoms with E-state index < -0.39 is 0 Å². The number of aryl methyl sites for hydroxylation is 2. The van der Waals surface area contributed by atoms with Crippen molar-refractivity contribution in [2.24, 2.45) is 0 Å². The summed E-state index contributed by atoms with van der Waals surface area (Å²) in [5, 5.41) is 7.85. The van der Waals surface area contributed by atoms with E-state index in [1.54, 1.807) is 42.3 Å². The maximum atomic E-state index is 12.2. The Morgan fingerprint density at radius 3 is 2.50 bits per heavy atom. The van der Waals surface area contributed by atoms with E-state index in [1.165, 1.54) is 6.33 Å². The molecule has 0 saturated heterocycles. The number of methoxy groups -OCH3 is 1. The largest absolute Gasteiger partial charge is 0.497 e. The maximum absolute atomic E-state index is 12.2. The molecule has 0 atom stereocenters. The fourth-order valence-electron chi connectivity index (χ4n) is 3.20. The molecule has 0 fully saturated rings. The van der Waals surface area contributed by atoms with Gasteiger partial charge < -0.3 is 14.8 Å². The zero-order valence-corrected chi connectivity index (χ0v) is 16.9. The van der Waals surface area contributed by atoms with Crippen LogP contribution in [0.5, 0.6) is 11.6 Å². The molecular formula is C22H21N5O3. The number of aromatic nitrogens is 4. The van der Waals surface area contributed by atoms with Gasteiger partial charge in [0.05, 0.1) is 19.0 Å². The molecule has 0 unspecified atom stereocenters. The van der Waals surface area contributed by atoms with E-state index in [0.717, 1.165) is 16.8 Å². The van der Waals surface area contributed by atoms with Gasteiger partial charge in [-0.25, -0.2) is 14.6 Å². The molecule has 2 aromatic carbocycles. The minimum absolute atomic E-state index is 0.188. The Morgan fingerprint density at radius 2 is 1.80 bits per heavy atom. The lowest BCUT2D eigenvalue weighted by Crippen LogP contribution is -2.20. The quantitative estimate of drug-likeness (QED) is 0.530. The van der Waals surface area contributed by atoms with Crippen molar-refractivity contribution in [3.63, 3.8) is 0 Å². The average molecular weight is 403 g/mol. The molecule has 0 bridgehead atoms. The molecule has 152 valence electrons. The van der Waals surface area contributed by atoms with Crippen LogP contribution in [0.3, 0.4) is 0 Å². The standard InChI is InChI=1S/C22H21N5O3/c1-14-8-15(2)10-17(9-14)27-21-19(11-25-27)22(24-13-23-21)30-12-20(28)26-16-4-6-18(29-3)7-5-16/h4-11,13H,12H2,1-3H3,(H,26,28). The third-order valence-corrected chi connectivity index (χ3v) is 4.49. The molecule has 4 rings (SSSR count). The van der Waals surface area contributed by atoms with Gasteiger partial charge in [0.25, 0.3) is 5.91 Å². The van der Waals surface area contributed by atoms with E-state index in [0.29, 0.717) is 28.4 Å². The van der Waals surface area contributed by atoms with Crippen LogP contribution >= 0.6 is 0 Å². The van der Waals surface area contributed by atoms with Crippen molar-refractivity contribution >= 4 is 22.6 Å². The first-order valence-corrected chi connectivity index (χ1v) is 9.37. The number of nitrogens with one attached hydrogen (secondary N) is 1. The molecule has 0 radical (unpaired) electrons. The van der Waals surface area contributed by atoms with Crippen LogP contribution in [-0.4, -0.2) is 39.4 Å². The topological polar surface area (TPSA) is 91.2 Å². The van der Waals surface area contributed by atoms with Crippen LogP contribution in [-0.2, 0) is 4.79 Å². The molecule has 1 N–H and O–H groups in total. The normalized spacial score (nSPS) is 10.8. The maximum Gasteiger partial charge on any atom is 0.262 e. The van der Waals surface area contributed by atoms with Gasteiger partial charge >= 0.3 is 0 Å². The lowest BCUT2D eigenvalue weighted by atomic mass is 10.1. The molecule has 1 amide bonds. The predicted molar refractivity (Wildman–Crippen MR) is 113 cm³/mol. The Bertz CT molecular complexity index is 1180. The molecule has 8 heteroatoms.